The number of unbranched alkanes of at least 4 members (excludes halogenated alkanes) is 1. The molecular formula is C24H40N4O. The highest BCUT2D eigenvalue weighted by Crippen LogP contribution is 2.31. The van der Waals surface area contributed by atoms with Crippen molar-refractivity contribution in [2.24, 2.45) is 10.9 Å². The number of guanidine groups is 1. The van der Waals surface area contributed by atoms with Crippen LogP contribution >= 0.6 is 0 Å². The van der Waals surface area contributed by atoms with Crippen LogP contribution < -0.4 is 5.32 Å². The lowest BCUT2D eigenvalue weighted by molar-refractivity contribution is 0.0372. The van der Waals surface area contributed by atoms with Crippen LogP contribution in [0.1, 0.15) is 51.5 Å². The molecule has 2 atom stereocenters. The second-order valence-electron chi connectivity index (χ2n) is 8.30. The van der Waals surface area contributed by atoms with Crippen molar-refractivity contribution in [1.29, 1.82) is 0 Å². The minimum atomic E-state index is 0.717. The van der Waals surface area contributed by atoms with Crippen molar-refractivity contribution in [2.75, 3.05) is 45.9 Å². The van der Waals surface area contributed by atoms with Gasteiger partial charge in [-0.15, -0.1) is 0 Å². The Morgan fingerprint density at radius 1 is 1.14 bits per heavy atom. The van der Waals surface area contributed by atoms with Gasteiger partial charge >= 0.3 is 0 Å². The topological polar surface area (TPSA) is 40.1 Å². The number of likely N-dealkylation sites (tertiary alicyclic amines) is 2. The Hall–Kier alpha value is -1.59. The lowest BCUT2D eigenvalue weighted by atomic mass is 9.83. The van der Waals surface area contributed by atoms with Crippen LogP contribution in [0.5, 0.6) is 0 Å². The summed E-state index contributed by atoms with van der Waals surface area (Å²) in [7, 11) is 0. The zero-order chi connectivity index (χ0) is 20.3. The number of hydrogen-bond acceptors (Lipinski definition) is 3. The van der Waals surface area contributed by atoms with Crippen molar-refractivity contribution in [3.63, 3.8) is 0 Å². The van der Waals surface area contributed by atoms with Crippen LogP contribution in [-0.2, 0) is 11.3 Å². The van der Waals surface area contributed by atoms with Crippen LogP contribution in [0.4, 0.5) is 0 Å². The molecule has 5 heteroatoms. The van der Waals surface area contributed by atoms with E-state index >= 15 is 0 Å². The summed E-state index contributed by atoms with van der Waals surface area (Å²) in [5, 5.41) is 3.53. The molecule has 0 saturated carbocycles. The summed E-state index contributed by atoms with van der Waals surface area (Å²) in [6, 6.07) is 11.7. The van der Waals surface area contributed by atoms with E-state index in [2.05, 4.69) is 59.3 Å². The number of nitrogens with zero attached hydrogens (tertiary/aromatic N) is 3. The minimum Gasteiger partial charge on any atom is -0.382 e. The van der Waals surface area contributed by atoms with E-state index in [9.17, 15) is 0 Å². The number of fused-ring (bicyclic) bond motifs is 1. The number of benzene rings is 1. The van der Waals surface area contributed by atoms with Gasteiger partial charge in [0.05, 0.1) is 0 Å². The molecule has 3 rings (SSSR count). The van der Waals surface area contributed by atoms with Crippen LogP contribution in [0, 0.1) is 5.92 Å². The zero-order valence-corrected chi connectivity index (χ0v) is 18.5. The molecule has 0 aliphatic carbocycles. The predicted molar refractivity (Wildman–Crippen MR) is 121 cm³/mol. The van der Waals surface area contributed by atoms with Gasteiger partial charge in [0.25, 0.3) is 0 Å². The van der Waals surface area contributed by atoms with Crippen molar-refractivity contribution >= 4 is 5.96 Å². The number of piperidine rings is 2. The fourth-order valence-electron chi connectivity index (χ4n) is 4.78. The third kappa shape index (κ3) is 6.71. The Morgan fingerprint density at radius 2 is 2.00 bits per heavy atom. The lowest BCUT2D eigenvalue weighted by Gasteiger charge is -2.48. The van der Waals surface area contributed by atoms with Gasteiger partial charge in [-0.05, 0) is 64.0 Å². The Kier molecular flexibility index (Phi) is 9.29. The fraction of sp³-hybridized carbons (Fsp3) is 0.708. The summed E-state index contributed by atoms with van der Waals surface area (Å²) in [5.41, 5.74) is 1.44. The van der Waals surface area contributed by atoms with E-state index in [4.69, 9.17) is 9.73 Å². The molecule has 1 aromatic rings. The molecule has 0 radical (unpaired) electrons. The molecular weight excluding hydrogens is 360 g/mol. The van der Waals surface area contributed by atoms with Gasteiger partial charge in [0.2, 0.25) is 0 Å². The Bertz CT molecular complexity index is 606. The van der Waals surface area contributed by atoms with Crippen molar-refractivity contribution < 1.29 is 4.74 Å². The van der Waals surface area contributed by atoms with Crippen molar-refractivity contribution in [3.05, 3.63) is 35.9 Å². The van der Waals surface area contributed by atoms with Gasteiger partial charge < -0.3 is 15.0 Å². The average Bonchev–Trinajstić information content (AvgIpc) is 2.76. The van der Waals surface area contributed by atoms with E-state index in [1.807, 2.05) is 0 Å². The molecule has 2 aliphatic heterocycles. The second kappa shape index (κ2) is 12.2. The first-order chi connectivity index (χ1) is 14.3. The van der Waals surface area contributed by atoms with Crippen molar-refractivity contribution in [3.8, 4) is 0 Å². The van der Waals surface area contributed by atoms with E-state index in [1.54, 1.807) is 0 Å². The quantitative estimate of drug-likeness (QED) is 0.389. The van der Waals surface area contributed by atoms with Gasteiger partial charge in [-0.1, -0.05) is 30.3 Å². The molecule has 2 aliphatic rings. The standard InChI is InChI=1S/C24H40N4O/c1-3-25-24(26-15-8-9-18-29-4-2)28-17-14-23-22(20-28)13-10-16-27(23)19-21-11-6-5-7-12-21/h5-7,11-12,22-23H,3-4,8-10,13-20H2,1-2H3,(H,25,26). The molecule has 2 fully saturated rings. The molecule has 0 bridgehead atoms. The highest BCUT2D eigenvalue weighted by atomic mass is 16.5. The number of nitrogens with one attached hydrogen (secondary N) is 1. The molecule has 1 aromatic carbocycles. The predicted octanol–water partition coefficient (Wildman–Crippen LogP) is 3.76. The Morgan fingerprint density at radius 3 is 2.79 bits per heavy atom. The van der Waals surface area contributed by atoms with Gasteiger partial charge in [-0.25, -0.2) is 0 Å². The smallest absolute Gasteiger partial charge is 0.193 e. The van der Waals surface area contributed by atoms with Crippen LogP contribution in [0.2, 0.25) is 0 Å². The molecule has 2 heterocycles. The summed E-state index contributed by atoms with van der Waals surface area (Å²) < 4.78 is 5.44. The normalized spacial score (nSPS) is 23.1. The van der Waals surface area contributed by atoms with Crippen molar-refractivity contribution in [1.82, 2.24) is 15.1 Å². The van der Waals surface area contributed by atoms with Crippen LogP contribution in [0.25, 0.3) is 0 Å². The first-order valence-corrected chi connectivity index (χ1v) is 11.7. The van der Waals surface area contributed by atoms with E-state index in [1.165, 1.54) is 31.4 Å². The monoisotopic (exact) mass is 400 g/mol. The summed E-state index contributed by atoms with van der Waals surface area (Å²) in [4.78, 5) is 10.2. The number of aliphatic imine (C=N–C) groups is 1. The van der Waals surface area contributed by atoms with E-state index < -0.39 is 0 Å². The third-order valence-corrected chi connectivity index (χ3v) is 6.21. The van der Waals surface area contributed by atoms with Gasteiger partial charge in [0, 0.05) is 52.0 Å². The number of hydrogen-bond donors (Lipinski definition) is 1. The highest BCUT2D eigenvalue weighted by Gasteiger charge is 2.36. The van der Waals surface area contributed by atoms with Crippen LogP contribution in [-0.4, -0.2) is 67.7 Å². The second-order valence-corrected chi connectivity index (χ2v) is 8.30. The van der Waals surface area contributed by atoms with Gasteiger partial charge in [0.15, 0.2) is 5.96 Å². The van der Waals surface area contributed by atoms with Gasteiger partial charge in [-0.2, -0.15) is 0 Å². The largest absolute Gasteiger partial charge is 0.382 e. The number of rotatable bonds is 9. The molecule has 29 heavy (non-hydrogen) atoms. The fourth-order valence-corrected chi connectivity index (χ4v) is 4.78. The zero-order valence-electron chi connectivity index (χ0n) is 18.5. The first kappa shape index (κ1) is 22.1. The molecule has 0 aromatic heterocycles. The molecule has 0 amide bonds. The van der Waals surface area contributed by atoms with Crippen LogP contribution in [0.15, 0.2) is 35.3 Å². The molecule has 0 spiro atoms. The maximum atomic E-state index is 5.44. The third-order valence-electron chi connectivity index (χ3n) is 6.21. The van der Waals surface area contributed by atoms with E-state index in [-0.39, 0.29) is 0 Å². The Labute approximate surface area is 177 Å². The summed E-state index contributed by atoms with van der Waals surface area (Å²) >= 11 is 0. The Balaban J connectivity index is 1.53. The SMILES string of the molecule is CCNC(=NCCCCOCC)N1CCC2C(CCCN2Cc2ccccc2)C1. The van der Waals surface area contributed by atoms with Crippen LogP contribution in [0.3, 0.4) is 0 Å². The minimum absolute atomic E-state index is 0.717. The molecule has 162 valence electrons. The maximum absolute atomic E-state index is 5.44. The van der Waals surface area contributed by atoms with Crippen molar-refractivity contribution in [2.45, 2.75) is 58.5 Å². The summed E-state index contributed by atoms with van der Waals surface area (Å²) in [6.07, 6.45) is 6.09. The number of ether oxygens (including phenoxy) is 1. The van der Waals surface area contributed by atoms with Gasteiger partial charge in [0.1, 0.15) is 0 Å². The van der Waals surface area contributed by atoms with E-state index in [0.29, 0.717) is 6.04 Å². The highest BCUT2D eigenvalue weighted by molar-refractivity contribution is 5.80. The average molecular weight is 401 g/mol. The summed E-state index contributed by atoms with van der Waals surface area (Å²) in [6.45, 7) is 12.3. The molecule has 2 unspecified atom stereocenters. The molecule has 5 nitrogen and oxygen atoms in total. The lowest BCUT2D eigenvalue weighted by Crippen LogP contribution is -2.56. The molecule has 2 saturated heterocycles. The summed E-state index contributed by atoms with van der Waals surface area (Å²) in [5.74, 6) is 1.87. The van der Waals surface area contributed by atoms with E-state index in [0.717, 1.165) is 70.7 Å². The first-order valence-electron chi connectivity index (χ1n) is 11.7. The molecule has 1 N–H and O–H groups in total. The maximum Gasteiger partial charge on any atom is 0.193 e. The van der Waals surface area contributed by atoms with Gasteiger partial charge in [-0.3, -0.25) is 9.89 Å².